The predicted molar refractivity (Wildman–Crippen MR) is 72.9 cm³/mol. The van der Waals surface area contributed by atoms with Crippen LogP contribution >= 0.6 is 0 Å². The highest BCUT2D eigenvalue weighted by Crippen LogP contribution is 2.20. The van der Waals surface area contributed by atoms with Crippen molar-refractivity contribution >= 4 is 0 Å². The van der Waals surface area contributed by atoms with Crippen LogP contribution in [0.2, 0.25) is 0 Å². The molecule has 1 aliphatic heterocycles. The van der Waals surface area contributed by atoms with Crippen LogP contribution in [0.5, 0.6) is 0 Å². The minimum Gasteiger partial charge on any atom is -0.330 e. The van der Waals surface area contributed by atoms with Crippen molar-refractivity contribution in [2.75, 3.05) is 13.1 Å². The van der Waals surface area contributed by atoms with Crippen LogP contribution in [-0.2, 0) is 13.0 Å². The first-order valence-corrected chi connectivity index (χ1v) is 6.82. The summed E-state index contributed by atoms with van der Waals surface area (Å²) in [5.74, 6) is 0. The molecule has 1 aliphatic rings. The number of piperidine rings is 1. The molecule has 2 N–H and O–H groups in total. The van der Waals surface area contributed by atoms with Crippen molar-refractivity contribution < 1.29 is 0 Å². The largest absolute Gasteiger partial charge is 0.330 e. The van der Waals surface area contributed by atoms with E-state index in [4.69, 9.17) is 5.73 Å². The first-order valence-electron chi connectivity index (χ1n) is 6.82. The molecule has 0 saturated carbocycles. The average Bonchev–Trinajstić information content (AvgIpc) is 2.35. The monoisotopic (exact) mass is 232 g/mol. The van der Waals surface area contributed by atoms with Crippen LogP contribution in [-0.4, -0.2) is 24.0 Å². The topological polar surface area (TPSA) is 29.3 Å². The van der Waals surface area contributed by atoms with Crippen LogP contribution in [0.1, 0.15) is 37.3 Å². The van der Waals surface area contributed by atoms with E-state index in [0.717, 1.165) is 25.6 Å². The Hall–Kier alpha value is -0.860. The van der Waals surface area contributed by atoms with Gasteiger partial charge in [0, 0.05) is 12.6 Å². The highest BCUT2D eigenvalue weighted by atomic mass is 15.2. The van der Waals surface area contributed by atoms with Crippen molar-refractivity contribution in [2.45, 2.75) is 45.2 Å². The Morgan fingerprint density at radius 3 is 2.71 bits per heavy atom. The molecule has 1 saturated heterocycles. The molecular weight excluding hydrogens is 208 g/mol. The van der Waals surface area contributed by atoms with Crippen LogP contribution in [0.4, 0.5) is 0 Å². The molecule has 0 aromatic heterocycles. The van der Waals surface area contributed by atoms with E-state index in [9.17, 15) is 0 Å². The van der Waals surface area contributed by atoms with E-state index in [2.05, 4.69) is 36.1 Å². The zero-order valence-electron chi connectivity index (χ0n) is 10.9. The fourth-order valence-electron chi connectivity index (χ4n) is 2.72. The van der Waals surface area contributed by atoms with Crippen molar-refractivity contribution in [3.63, 3.8) is 0 Å². The van der Waals surface area contributed by atoms with Gasteiger partial charge in [-0.1, -0.05) is 30.7 Å². The van der Waals surface area contributed by atoms with Crippen molar-refractivity contribution in [3.05, 3.63) is 35.4 Å². The predicted octanol–water partition coefficient (Wildman–Crippen LogP) is 2.56. The molecule has 1 aromatic carbocycles. The second-order valence-electron chi connectivity index (χ2n) is 5.12. The van der Waals surface area contributed by atoms with Gasteiger partial charge in [-0.2, -0.15) is 0 Å². The van der Waals surface area contributed by atoms with Gasteiger partial charge in [-0.15, -0.1) is 0 Å². The van der Waals surface area contributed by atoms with Crippen LogP contribution in [0.3, 0.4) is 0 Å². The summed E-state index contributed by atoms with van der Waals surface area (Å²) >= 11 is 0. The Bertz CT molecular complexity index is 349. The lowest BCUT2D eigenvalue weighted by atomic mass is 10.00. The van der Waals surface area contributed by atoms with Gasteiger partial charge in [0.05, 0.1) is 0 Å². The molecule has 94 valence electrons. The summed E-state index contributed by atoms with van der Waals surface area (Å²) in [6.07, 6.45) is 5.09. The van der Waals surface area contributed by atoms with Crippen LogP contribution in [0, 0.1) is 0 Å². The second-order valence-corrected chi connectivity index (χ2v) is 5.12. The van der Waals surface area contributed by atoms with E-state index < -0.39 is 0 Å². The standard InChI is InChI=1S/C15H24N2/c1-13-6-4-5-11-17(13)12-15-8-3-2-7-14(15)9-10-16/h2-3,7-8,13H,4-6,9-12,16H2,1H3. The normalized spacial score (nSPS) is 21.6. The van der Waals surface area contributed by atoms with Gasteiger partial charge < -0.3 is 5.73 Å². The Labute approximate surface area is 105 Å². The molecule has 0 radical (unpaired) electrons. The minimum atomic E-state index is 0.731. The highest BCUT2D eigenvalue weighted by molar-refractivity contribution is 5.27. The Balaban J connectivity index is 2.06. The fraction of sp³-hybridized carbons (Fsp3) is 0.600. The summed E-state index contributed by atoms with van der Waals surface area (Å²) in [6, 6.07) is 9.47. The number of hydrogen-bond donors (Lipinski definition) is 1. The average molecular weight is 232 g/mol. The maximum absolute atomic E-state index is 5.68. The van der Waals surface area contributed by atoms with Gasteiger partial charge in [-0.25, -0.2) is 0 Å². The van der Waals surface area contributed by atoms with Crippen molar-refractivity contribution in [1.82, 2.24) is 4.90 Å². The number of benzene rings is 1. The molecule has 2 heteroatoms. The van der Waals surface area contributed by atoms with E-state index in [-0.39, 0.29) is 0 Å². The Morgan fingerprint density at radius 2 is 2.00 bits per heavy atom. The van der Waals surface area contributed by atoms with E-state index in [1.165, 1.54) is 36.9 Å². The summed E-state index contributed by atoms with van der Waals surface area (Å²) in [7, 11) is 0. The number of nitrogens with zero attached hydrogens (tertiary/aromatic N) is 1. The summed E-state index contributed by atoms with van der Waals surface area (Å²) in [6.45, 7) is 5.44. The van der Waals surface area contributed by atoms with Crippen molar-refractivity contribution in [1.29, 1.82) is 0 Å². The molecular formula is C15H24N2. The van der Waals surface area contributed by atoms with Crippen LogP contribution in [0.25, 0.3) is 0 Å². The molecule has 2 rings (SSSR count). The third kappa shape index (κ3) is 3.30. The van der Waals surface area contributed by atoms with Crippen molar-refractivity contribution in [2.24, 2.45) is 5.73 Å². The summed E-state index contributed by atoms with van der Waals surface area (Å²) < 4.78 is 0. The molecule has 17 heavy (non-hydrogen) atoms. The molecule has 2 nitrogen and oxygen atoms in total. The molecule has 0 spiro atoms. The van der Waals surface area contributed by atoms with Gasteiger partial charge >= 0.3 is 0 Å². The van der Waals surface area contributed by atoms with Crippen molar-refractivity contribution in [3.8, 4) is 0 Å². The van der Waals surface area contributed by atoms with E-state index >= 15 is 0 Å². The van der Waals surface area contributed by atoms with Gasteiger partial charge in [0.25, 0.3) is 0 Å². The molecule has 0 bridgehead atoms. The Morgan fingerprint density at radius 1 is 1.24 bits per heavy atom. The molecule has 1 heterocycles. The van der Waals surface area contributed by atoms with Crippen LogP contribution < -0.4 is 5.73 Å². The first kappa shape index (κ1) is 12.6. The zero-order chi connectivity index (χ0) is 12.1. The lowest BCUT2D eigenvalue weighted by Gasteiger charge is -2.33. The van der Waals surface area contributed by atoms with E-state index in [1.54, 1.807) is 0 Å². The van der Waals surface area contributed by atoms with Gasteiger partial charge in [-0.05, 0) is 50.4 Å². The number of likely N-dealkylation sites (tertiary alicyclic amines) is 1. The second kappa shape index (κ2) is 6.18. The lowest BCUT2D eigenvalue weighted by Crippen LogP contribution is -2.37. The maximum Gasteiger partial charge on any atom is 0.0239 e. The highest BCUT2D eigenvalue weighted by Gasteiger charge is 2.18. The first-order chi connectivity index (χ1) is 8.31. The summed E-state index contributed by atoms with van der Waals surface area (Å²) in [4.78, 5) is 2.61. The third-order valence-electron chi connectivity index (χ3n) is 3.85. The molecule has 0 amide bonds. The molecule has 0 aliphatic carbocycles. The summed E-state index contributed by atoms with van der Waals surface area (Å²) in [5.41, 5.74) is 8.56. The van der Waals surface area contributed by atoms with E-state index in [1.807, 2.05) is 0 Å². The molecule has 1 aromatic rings. The molecule has 1 fully saturated rings. The number of rotatable bonds is 4. The zero-order valence-corrected chi connectivity index (χ0v) is 10.9. The lowest BCUT2D eigenvalue weighted by molar-refractivity contribution is 0.152. The quantitative estimate of drug-likeness (QED) is 0.864. The molecule has 1 unspecified atom stereocenters. The number of hydrogen-bond acceptors (Lipinski definition) is 2. The SMILES string of the molecule is CC1CCCCN1Cc1ccccc1CCN. The maximum atomic E-state index is 5.68. The Kier molecular flexibility index (Phi) is 4.57. The van der Waals surface area contributed by atoms with Gasteiger partial charge in [-0.3, -0.25) is 4.90 Å². The third-order valence-corrected chi connectivity index (χ3v) is 3.85. The smallest absolute Gasteiger partial charge is 0.0239 e. The number of nitrogens with two attached hydrogens (primary N) is 1. The minimum absolute atomic E-state index is 0.731. The van der Waals surface area contributed by atoms with Gasteiger partial charge in [0.2, 0.25) is 0 Å². The fourth-order valence-corrected chi connectivity index (χ4v) is 2.72. The van der Waals surface area contributed by atoms with Gasteiger partial charge in [0.1, 0.15) is 0 Å². The van der Waals surface area contributed by atoms with E-state index in [0.29, 0.717) is 0 Å². The summed E-state index contributed by atoms with van der Waals surface area (Å²) in [5, 5.41) is 0. The van der Waals surface area contributed by atoms with Crippen LogP contribution in [0.15, 0.2) is 24.3 Å². The van der Waals surface area contributed by atoms with Gasteiger partial charge in [0.15, 0.2) is 0 Å². The molecule has 1 atom stereocenters.